The van der Waals surface area contributed by atoms with Crippen molar-refractivity contribution in [2.45, 2.75) is 13.5 Å². The molecule has 3 rings (SSSR count). The fourth-order valence-electron chi connectivity index (χ4n) is 2.58. The zero-order chi connectivity index (χ0) is 18.5. The molecule has 0 saturated carbocycles. The Morgan fingerprint density at radius 2 is 1.92 bits per heavy atom. The lowest BCUT2D eigenvalue weighted by molar-refractivity contribution is 0.0999. The van der Waals surface area contributed by atoms with Crippen LogP contribution in [0.15, 0.2) is 55.0 Å². The largest absolute Gasteiger partial charge is 0.495 e. The molecule has 0 bridgehead atoms. The third-order valence-electron chi connectivity index (χ3n) is 3.94. The normalized spacial score (nSPS) is 10.4. The highest BCUT2D eigenvalue weighted by atomic mass is 16.5. The quantitative estimate of drug-likeness (QED) is 0.739. The van der Waals surface area contributed by atoms with Crippen molar-refractivity contribution in [3.05, 3.63) is 71.7 Å². The van der Waals surface area contributed by atoms with E-state index in [1.807, 2.05) is 31.2 Å². The van der Waals surface area contributed by atoms with Crippen LogP contribution in [0, 0.1) is 6.92 Å². The molecule has 2 heterocycles. The molecule has 1 amide bonds. The number of aryl methyl sites for hydroxylation is 1. The minimum Gasteiger partial charge on any atom is -0.495 e. The van der Waals surface area contributed by atoms with E-state index in [0.717, 1.165) is 22.4 Å². The first-order valence-corrected chi connectivity index (χ1v) is 8.04. The van der Waals surface area contributed by atoms with Crippen LogP contribution in [-0.4, -0.2) is 23.0 Å². The number of nitrogens with two attached hydrogens (primary N) is 1. The number of carbonyl (C=O) groups excluding carboxylic acids is 1. The van der Waals surface area contributed by atoms with Gasteiger partial charge in [-0.05, 0) is 42.3 Å². The molecule has 132 valence electrons. The van der Waals surface area contributed by atoms with Crippen molar-refractivity contribution in [1.29, 1.82) is 0 Å². The van der Waals surface area contributed by atoms with Crippen LogP contribution in [0.3, 0.4) is 0 Å². The Hall–Kier alpha value is -3.41. The third kappa shape index (κ3) is 3.97. The molecule has 0 aliphatic heterocycles. The van der Waals surface area contributed by atoms with Crippen LogP contribution in [0.25, 0.3) is 11.3 Å². The minimum absolute atomic E-state index is 0.378. The van der Waals surface area contributed by atoms with E-state index < -0.39 is 5.91 Å². The monoisotopic (exact) mass is 349 g/mol. The number of nitrogens with zero attached hydrogens (tertiary/aromatic N) is 2. The van der Waals surface area contributed by atoms with Crippen LogP contribution in [0.5, 0.6) is 11.5 Å². The second-order valence-corrected chi connectivity index (χ2v) is 5.79. The highest BCUT2D eigenvalue weighted by molar-refractivity contribution is 5.94. The molecule has 6 nitrogen and oxygen atoms in total. The molecule has 0 radical (unpaired) electrons. The fourth-order valence-corrected chi connectivity index (χ4v) is 2.58. The van der Waals surface area contributed by atoms with Crippen molar-refractivity contribution in [2.24, 2.45) is 5.73 Å². The van der Waals surface area contributed by atoms with Gasteiger partial charge in [-0.3, -0.25) is 14.8 Å². The smallest absolute Gasteiger partial charge is 0.248 e. The Morgan fingerprint density at radius 3 is 2.65 bits per heavy atom. The van der Waals surface area contributed by atoms with Gasteiger partial charge in [-0.2, -0.15) is 0 Å². The summed E-state index contributed by atoms with van der Waals surface area (Å²) < 4.78 is 10.9. The van der Waals surface area contributed by atoms with Gasteiger partial charge in [0, 0.05) is 23.4 Å². The number of hydrogen-bond acceptors (Lipinski definition) is 5. The molecule has 2 aromatic heterocycles. The number of primary amides is 1. The Bertz CT molecular complexity index is 941. The molecule has 2 N–H and O–H groups in total. The third-order valence-corrected chi connectivity index (χ3v) is 3.94. The van der Waals surface area contributed by atoms with Crippen molar-refractivity contribution in [1.82, 2.24) is 9.97 Å². The fraction of sp³-hybridized carbons (Fsp3) is 0.150. The number of amides is 1. The first-order valence-electron chi connectivity index (χ1n) is 8.04. The molecule has 0 fully saturated rings. The maximum Gasteiger partial charge on any atom is 0.248 e. The lowest BCUT2D eigenvalue weighted by atomic mass is 10.0. The summed E-state index contributed by atoms with van der Waals surface area (Å²) in [5.41, 5.74) is 9.37. The standard InChI is InChI=1S/C20H19N3O3/c1-13-7-15(3-4-18(13)20(21)24)19-8-14(5-6-23-19)12-26-17-9-16(25-2)10-22-11-17/h3-11H,12H2,1-2H3,(H2,21,24). The average Bonchev–Trinajstić information content (AvgIpc) is 2.66. The average molecular weight is 349 g/mol. The van der Waals surface area contributed by atoms with Gasteiger partial charge in [0.05, 0.1) is 25.2 Å². The van der Waals surface area contributed by atoms with Crippen LogP contribution in [-0.2, 0) is 6.61 Å². The number of methoxy groups -OCH3 is 1. The second-order valence-electron chi connectivity index (χ2n) is 5.79. The number of ether oxygens (including phenoxy) is 2. The second kappa shape index (κ2) is 7.65. The van der Waals surface area contributed by atoms with Crippen molar-refractivity contribution in [3.63, 3.8) is 0 Å². The van der Waals surface area contributed by atoms with Crippen LogP contribution < -0.4 is 15.2 Å². The van der Waals surface area contributed by atoms with E-state index in [-0.39, 0.29) is 0 Å². The summed E-state index contributed by atoms with van der Waals surface area (Å²) >= 11 is 0. The highest BCUT2D eigenvalue weighted by Crippen LogP contribution is 2.23. The van der Waals surface area contributed by atoms with E-state index in [1.54, 1.807) is 37.8 Å². The summed E-state index contributed by atoms with van der Waals surface area (Å²) in [5, 5.41) is 0. The predicted octanol–water partition coefficient (Wildman–Crippen LogP) is 3.14. The number of carbonyl (C=O) groups is 1. The van der Waals surface area contributed by atoms with Crippen molar-refractivity contribution in [3.8, 4) is 22.8 Å². The van der Waals surface area contributed by atoms with Crippen LogP contribution in [0.2, 0.25) is 0 Å². The van der Waals surface area contributed by atoms with Gasteiger partial charge in [0.1, 0.15) is 18.1 Å². The first-order chi connectivity index (χ1) is 12.6. The Balaban J connectivity index is 1.78. The molecule has 0 unspecified atom stereocenters. The van der Waals surface area contributed by atoms with E-state index in [0.29, 0.717) is 23.7 Å². The van der Waals surface area contributed by atoms with Crippen molar-refractivity contribution >= 4 is 5.91 Å². The molecule has 26 heavy (non-hydrogen) atoms. The van der Waals surface area contributed by atoms with E-state index >= 15 is 0 Å². The van der Waals surface area contributed by atoms with Gasteiger partial charge in [0.2, 0.25) is 5.91 Å². The molecule has 0 aliphatic carbocycles. The van der Waals surface area contributed by atoms with Gasteiger partial charge in [0.25, 0.3) is 0 Å². The lowest BCUT2D eigenvalue weighted by Crippen LogP contribution is -2.12. The molecule has 1 aromatic carbocycles. The number of benzene rings is 1. The van der Waals surface area contributed by atoms with Gasteiger partial charge in [0.15, 0.2) is 0 Å². The zero-order valence-electron chi connectivity index (χ0n) is 14.6. The van der Waals surface area contributed by atoms with Gasteiger partial charge >= 0.3 is 0 Å². The molecule has 6 heteroatoms. The van der Waals surface area contributed by atoms with Gasteiger partial charge in [-0.25, -0.2) is 0 Å². The summed E-state index contributed by atoms with van der Waals surface area (Å²) in [6.07, 6.45) is 4.99. The first kappa shape index (κ1) is 17.4. The number of pyridine rings is 2. The lowest BCUT2D eigenvalue weighted by Gasteiger charge is -2.09. The number of aromatic nitrogens is 2. The minimum atomic E-state index is -0.434. The van der Waals surface area contributed by atoms with Crippen molar-refractivity contribution < 1.29 is 14.3 Å². The SMILES string of the molecule is COc1cncc(OCc2ccnc(-c3ccc(C(N)=O)c(C)c3)c2)c1. The molecular weight excluding hydrogens is 330 g/mol. The van der Waals surface area contributed by atoms with Gasteiger partial charge < -0.3 is 15.2 Å². The summed E-state index contributed by atoms with van der Waals surface area (Å²) in [6.45, 7) is 2.23. The topological polar surface area (TPSA) is 87.3 Å². The van der Waals surface area contributed by atoms with E-state index in [9.17, 15) is 4.79 Å². The molecule has 0 aliphatic rings. The molecule has 0 saturated heterocycles. The maximum absolute atomic E-state index is 11.4. The Kier molecular flexibility index (Phi) is 5.12. The van der Waals surface area contributed by atoms with Gasteiger partial charge in [-0.15, -0.1) is 0 Å². The van der Waals surface area contributed by atoms with Gasteiger partial charge in [-0.1, -0.05) is 6.07 Å². The maximum atomic E-state index is 11.4. The summed E-state index contributed by atoms with van der Waals surface area (Å²) in [5.74, 6) is 0.836. The number of rotatable bonds is 6. The Morgan fingerprint density at radius 1 is 1.12 bits per heavy atom. The highest BCUT2D eigenvalue weighted by Gasteiger charge is 2.08. The summed E-state index contributed by atoms with van der Waals surface area (Å²) in [4.78, 5) is 19.8. The van der Waals surface area contributed by atoms with Crippen LogP contribution in [0.4, 0.5) is 0 Å². The van der Waals surface area contributed by atoms with Crippen LogP contribution in [0.1, 0.15) is 21.5 Å². The number of hydrogen-bond donors (Lipinski definition) is 1. The molecule has 3 aromatic rings. The Labute approximate surface area is 151 Å². The van der Waals surface area contributed by atoms with Crippen LogP contribution >= 0.6 is 0 Å². The van der Waals surface area contributed by atoms with E-state index in [2.05, 4.69) is 9.97 Å². The summed E-state index contributed by atoms with van der Waals surface area (Å²) in [7, 11) is 1.58. The van der Waals surface area contributed by atoms with E-state index in [4.69, 9.17) is 15.2 Å². The van der Waals surface area contributed by atoms with Crippen molar-refractivity contribution in [2.75, 3.05) is 7.11 Å². The summed E-state index contributed by atoms with van der Waals surface area (Å²) in [6, 6.07) is 11.1. The molecule has 0 atom stereocenters. The molecular formula is C20H19N3O3. The predicted molar refractivity (Wildman–Crippen MR) is 98.0 cm³/mol. The van der Waals surface area contributed by atoms with E-state index in [1.165, 1.54) is 0 Å². The zero-order valence-corrected chi connectivity index (χ0v) is 14.6. The molecule has 0 spiro atoms.